The molecule has 4 rings (SSSR count). The SMILES string of the molecule is Cc1cc(C2(C(F)(F)F)CC(c3ccc(C(=O)NCC=O)c4ccccc34)=NO2)cc(F)c1F. The molecule has 0 aromatic heterocycles. The first-order chi connectivity index (χ1) is 16.1. The Kier molecular flexibility index (Phi) is 5.84. The van der Waals surface area contributed by atoms with Crippen molar-refractivity contribution in [1.29, 1.82) is 0 Å². The first-order valence-corrected chi connectivity index (χ1v) is 10.1. The number of alkyl halides is 3. The van der Waals surface area contributed by atoms with Gasteiger partial charge in [-0.15, -0.1) is 0 Å². The minimum Gasteiger partial charge on any atom is -0.374 e. The van der Waals surface area contributed by atoms with Crippen LogP contribution in [0.2, 0.25) is 0 Å². The van der Waals surface area contributed by atoms with Gasteiger partial charge in [0.1, 0.15) is 6.29 Å². The fraction of sp³-hybridized carbons (Fsp3) is 0.208. The summed E-state index contributed by atoms with van der Waals surface area (Å²) in [4.78, 5) is 27.9. The predicted molar refractivity (Wildman–Crippen MR) is 113 cm³/mol. The number of hydrogen-bond acceptors (Lipinski definition) is 4. The Balaban J connectivity index is 1.79. The Morgan fingerprint density at radius 3 is 2.50 bits per heavy atom. The monoisotopic (exact) mass is 476 g/mol. The lowest BCUT2D eigenvalue weighted by molar-refractivity contribution is -0.276. The maximum Gasteiger partial charge on any atom is 0.435 e. The van der Waals surface area contributed by atoms with Crippen LogP contribution in [0.4, 0.5) is 22.0 Å². The molecule has 1 atom stereocenters. The summed E-state index contributed by atoms with van der Waals surface area (Å²) in [5, 5.41) is 6.98. The first kappa shape index (κ1) is 23.3. The van der Waals surface area contributed by atoms with Crippen LogP contribution >= 0.6 is 0 Å². The van der Waals surface area contributed by atoms with Crippen molar-refractivity contribution < 1.29 is 36.4 Å². The number of rotatable bonds is 5. The van der Waals surface area contributed by atoms with Crippen molar-refractivity contribution in [3.05, 3.63) is 82.4 Å². The lowest BCUT2D eigenvalue weighted by atomic mass is 9.84. The first-order valence-electron chi connectivity index (χ1n) is 10.1. The summed E-state index contributed by atoms with van der Waals surface area (Å²) < 4.78 is 70.5. The molecule has 1 heterocycles. The van der Waals surface area contributed by atoms with Crippen molar-refractivity contribution in [2.75, 3.05) is 6.54 Å². The van der Waals surface area contributed by atoms with Crippen molar-refractivity contribution in [2.24, 2.45) is 5.16 Å². The molecule has 176 valence electrons. The van der Waals surface area contributed by atoms with Gasteiger partial charge >= 0.3 is 6.18 Å². The second kappa shape index (κ2) is 8.51. The molecular formula is C24H17F5N2O3. The van der Waals surface area contributed by atoms with E-state index in [1.165, 1.54) is 12.1 Å². The molecule has 1 N–H and O–H groups in total. The summed E-state index contributed by atoms with van der Waals surface area (Å²) in [6.07, 6.45) is -5.27. The number of aryl methyl sites for hydroxylation is 1. The van der Waals surface area contributed by atoms with Crippen LogP contribution < -0.4 is 5.32 Å². The summed E-state index contributed by atoms with van der Waals surface area (Å²) in [7, 11) is 0. The number of nitrogens with one attached hydrogen (secondary N) is 1. The van der Waals surface area contributed by atoms with E-state index < -0.39 is 41.3 Å². The highest BCUT2D eigenvalue weighted by Crippen LogP contribution is 2.49. The number of halogens is 5. The van der Waals surface area contributed by atoms with Crippen LogP contribution in [-0.4, -0.2) is 30.6 Å². The van der Waals surface area contributed by atoms with Crippen molar-refractivity contribution >= 4 is 28.7 Å². The number of hydrogen-bond donors (Lipinski definition) is 1. The number of aldehydes is 1. The van der Waals surface area contributed by atoms with Crippen LogP contribution in [0.5, 0.6) is 0 Å². The lowest BCUT2D eigenvalue weighted by Crippen LogP contribution is -2.43. The molecule has 3 aromatic carbocycles. The van der Waals surface area contributed by atoms with Gasteiger partial charge in [0.25, 0.3) is 11.5 Å². The fourth-order valence-corrected chi connectivity index (χ4v) is 3.99. The standard InChI is InChI=1S/C24H17F5N2O3/c1-13-10-14(11-19(25)21(13)26)23(24(27,28)29)12-20(31-34-23)17-6-7-18(22(33)30-8-9-32)16-5-3-2-4-15(16)17/h2-7,9-11H,8,12H2,1H3,(H,30,33). The summed E-state index contributed by atoms with van der Waals surface area (Å²) >= 11 is 0. The highest BCUT2D eigenvalue weighted by molar-refractivity contribution is 6.16. The molecule has 0 bridgehead atoms. The summed E-state index contributed by atoms with van der Waals surface area (Å²) in [6.45, 7) is 0.960. The van der Waals surface area contributed by atoms with Crippen molar-refractivity contribution in [2.45, 2.75) is 25.1 Å². The summed E-state index contributed by atoms with van der Waals surface area (Å²) in [5.41, 5.74) is -3.48. The molecule has 0 spiro atoms. The summed E-state index contributed by atoms with van der Waals surface area (Å²) in [5.74, 6) is -3.19. The largest absolute Gasteiger partial charge is 0.435 e. The molecule has 1 amide bonds. The van der Waals surface area contributed by atoms with E-state index in [1.54, 1.807) is 24.3 Å². The second-order valence-electron chi connectivity index (χ2n) is 7.80. The number of fused-ring (bicyclic) bond motifs is 1. The van der Waals surface area contributed by atoms with Gasteiger partial charge in [-0.05, 0) is 41.5 Å². The number of nitrogens with zero attached hydrogens (tertiary/aromatic N) is 1. The molecule has 0 radical (unpaired) electrons. The third kappa shape index (κ3) is 3.78. The molecule has 34 heavy (non-hydrogen) atoms. The van der Waals surface area contributed by atoms with E-state index in [4.69, 9.17) is 4.84 Å². The quantitative estimate of drug-likeness (QED) is 0.419. The van der Waals surface area contributed by atoms with E-state index in [-0.39, 0.29) is 28.9 Å². The normalized spacial score (nSPS) is 17.9. The van der Waals surface area contributed by atoms with Gasteiger partial charge in [-0.1, -0.05) is 35.5 Å². The number of amides is 1. The Labute approximate surface area is 190 Å². The van der Waals surface area contributed by atoms with Gasteiger partial charge in [-0.25, -0.2) is 8.78 Å². The van der Waals surface area contributed by atoms with E-state index in [9.17, 15) is 31.5 Å². The molecule has 3 aromatic rings. The third-order valence-corrected chi connectivity index (χ3v) is 5.69. The Hall–Kier alpha value is -3.82. The van der Waals surface area contributed by atoms with Crippen molar-refractivity contribution in [3.8, 4) is 0 Å². The van der Waals surface area contributed by atoms with Crippen LogP contribution in [0, 0.1) is 18.6 Å². The van der Waals surface area contributed by atoms with Gasteiger partial charge in [0.2, 0.25) is 0 Å². The Morgan fingerprint density at radius 2 is 1.85 bits per heavy atom. The maximum absolute atomic E-state index is 14.3. The number of benzene rings is 3. The fourth-order valence-electron chi connectivity index (χ4n) is 3.99. The zero-order valence-corrected chi connectivity index (χ0v) is 17.7. The predicted octanol–water partition coefficient (Wildman–Crippen LogP) is 4.94. The highest BCUT2D eigenvalue weighted by Gasteiger charge is 2.62. The van der Waals surface area contributed by atoms with Gasteiger partial charge in [0, 0.05) is 23.1 Å². The topological polar surface area (TPSA) is 67.8 Å². The zero-order chi connectivity index (χ0) is 24.7. The average molecular weight is 476 g/mol. The van der Waals surface area contributed by atoms with Gasteiger partial charge in [-0.2, -0.15) is 13.2 Å². The van der Waals surface area contributed by atoms with Gasteiger partial charge in [0.05, 0.1) is 12.3 Å². The molecule has 5 nitrogen and oxygen atoms in total. The van der Waals surface area contributed by atoms with Gasteiger partial charge < -0.3 is 14.9 Å². The number of carbonyl (C=O) groups excluding carboxylic acids is 2. The van der Waals surface area contributed by atoms with E-state index in [2.05, 4.69) is 10.5 Å². The van der Waals surface area contributed by atoms with Crippen molar-refractivity contribution in [3.63, 3.8) is 0 Å². The average Bonchev–Trinajstić information content (AvgIpc) is 3.26. The van der Waals surface area contributed by atoms with Crippen LogP contribution in [0.1, 0.15) is 33.5 Å². The molecule has 10 heteroatoms. The molecular weight excluding hydrogens is 459 g/mol. The Bertz CT molecular complexity index is 1310. The minimum atomic E-state index is -5.00. The van der Waals surface area contributed by atoms with E-state index >= 15 is 0 Å². The molecule has 0 fully saturated rings. The van der Waals surface area contributed by atoms with Crippen LogP contribution in [-0.2, 0) is 15.2 Å². The molecule has 0 aliphatic carbocycles. The zero-order valence-electron chi connectivity index (χ0n) is 17.7. The lowest BCUT2D eigenvalue weighted by Gasteiger charge is -2.29. The molecule has 1 aliphatic rings. The number of oxime groups is 1. The van der Waals surface area contributed by atoms with Crippen molar-refractivity contribution in [1.82, 2.24) is 5.32 Å². The smallest absolute Gasteiger partial charge is 0.374 e. The third-order valence-electron chi connectivity index (χ3n) is 5.69. The number of carbonyl (C=O) groups is 2. The molecule has 0 saturated carbocycles. The Morgan fingerprint density at radius 1 is 1.15 bits per heavy atom. The minimum absolute atomic E-state index is 0.0734. The summed E-state index contributed by atoms with van der Waals surface area (Å²) in [6, 6.07) is 10.7. The van der Waals surface area contributed by atoms with E-state index in [0.717, 1.165) is 13.0 Å². The molecule has 0 saturated heterocycles. The molecule has 1 unspecified atom stereocenters. The van der Waals surface area contributed by atoms with Crippen LogP contribution in [0.25, 0.3) is 10.8 Å². The maximum atomic E-state index is 14.3. The highest BCUT2D eigenvalue weighted by atomic mass is 19.4. The van der Waals surface area contributed by atoms with Crippen LogP contribution in [0.3, 0.4) is 0 Å². The van der Waals surface area contributed by atoms with Gasteiger partial charge in [-0.3, -0.25) is 4.79 Å². The second-order valence-corrected chi connectivity index (χ2v) is 7.80. The molecule has 1 aliphatic heterocycles. The van der Waals surface area contributed by atoms with Gasteiger partial charge in [0.15, 0.2) is 11.6 Å². The van der Waals surface area contributed by atoms with E-state index in [1.807, 2.05) is 0 Å². The van der Waals surface area contributed by atoms with Crippen LogP contribution in [0.15, 0.2) is 53.7 Å². The van der Waals surface area contributed by atoms with E-state index in [0.29, 0.717) is 23.1 Å².